The average Bonchev–Trinajstić information content (AvgIpc) is 3.09. The summed E-state index contributed by atoms with van der Waals surface area (Å²) >= 11 is 8.95. The van der Waals surface area contributed by atoms with Gasteiger partial charge in [-0.2, -0.15) is 0 Å². The van der Waals surface area contributed by atoms with Crippen molar-refractivity contribution < 1.29 is 4.42 Å². The lowest BCUT2D eigenvalue weighted by atomic mass is 10.2. The van der Waals surface area contributed by atoms with Crippen LogP contribution in [0.4, 0.5) is 0 Å². The maximum absolute atomic E-state index is 5.85. The van der Waals surface area contributed by atoms with E-state index in [4.69, 9.17) is 16.0 Å². The second-order valence-corrected chi connectivity index (χ2v) is 6.14. The van der Waals surface area contributed by atoms with Crippen LogP contribution in [0.15, 0.2) is 44.8 Å². The van der Waals surface area contributed by atoms with E-state index in [0.717, 1.165) is 15.6 Å². The highest BCUT2D eigenvalue weighted by Crippen LogP contribution is 2.26. The van der Waals surface area contributed by atoms with Gasteiger partial charge in [0.1, 0.15) is 11.8 Å². The van der Waals surface area contributed by atoms with Crippen LogP contribution in [0.1, 0.15) is 5.69 Å². The molecule has 0 atom stereocenters. The molecule has 3 aromatic rings. The molecule has 3 rings (SSSR count). The molecule has 4 nitrogen and oxygen atoms in total. The average molecular weight is 310 g/mol. The lowest BCUT2D eigenvalue weighted by Gasteiger charge is -1.94. The van der Waals surface area contributed by atoms with E-state index in [-0.39, 0.29) is 0 Å². The number of benzene rings is 1. The van der Waals surface area contributed by atoms with E-state index >= 15 is 0 Å². The van der Waals surface area contributed by atoms with Gasteiger partial charge in [0.15, 0.2) is 4.34 Å². The van der Waals surface area contributed by atoms with Gasteiger partial charge in [0.25, 0.3) is 0 Å². The van der Waals surface area contributed by atoms with Crippen molar-refractivity contribution in [1.82, 2.24) is 15.2 Å². The first-order chi connectivity index (χ1) is 9.31. The van der Waals surface area contributed by atoms with Gasteiger partial charge in [-0.15, -0.1) is 10.2 Å². The SMILES string of the molecule is Clc1ccc(-c2nc(CSc3nncs3)co2)cc1. The Hall–Kier alpha value is -1.37. The van der Waals surface area contributed by atoms with E-state index in [9.17, 15) is 0 Å². The Morgan fingerprint density at radius 2 is 2.11 bits per heavy atom. The minimum absolute atomic E-state index is 0.601. The highest BCUT2D eigenvalue weighted by Gasteiger charge is 2.08. The van der Waals surface area contributed by atoms with Crippen molar-refractivity contribution in [2.24, 2.45) is 0 Å². The number of nitrogens with zero attached hydrogens (tertiary/aromatic N) is 3. The fraction of sp³-hybridized carbons (Fsp3) is 0.0833. The molecule has 0 N–H and O–H groups in total. The second kappa shape index (κ2) is 5.73. The summed E-state index contributed by atoms with van der Waals surface area (Å²) in [4.78, 5) is 4.44. The smallest absolute Gasteiger partial charge is 0.226 e. The summed E-state index contributed by atoms with van der Waals surface area (Å²) < 4.78 is 6.39. The predicted molar refractivity (Wildman–Crippen MR) is 76.4 cm³/mol. The number of thioether (sulfide) groups is 1. The molecule has 1 aromatic carbocycles. The van der Waals surface area contributed by atoms with Crippen molar-refractivity contribution in [3.05, 3.63) is 46.8 Å². The Morgan fingerprint density at radius 1 is 1.26 bits per heavy atom. The molecule has 7 heteroatoms. The predicted octanol–water partition coefficient (Wildman–Crippen LogP) is 4.14. The van der Waals surface area contributed by atoms with Gasteiger partial charge in [-0.25, -0.2) is 4.98 Å². The first-order valence-electron chi connectivity index (χ1n) is 5.40. The summed E-state index contributed by atoms with van der Waals surface area (Å²) in [7, 11) is 0. The molecule has 0 aliphatic carbocycles. The number of halogens is 1. The summed E-state index contributed by atoms with van der Waals surface area (Å²) in [6.07, 6.45) is 1.66. The Balaban J connectivity index is 1.70. The third kappa shape index (κ3) is 3.15. The normalized spacial score (nSPS) is 10.8. The van der Waals surface area contributed by atoms with E-state index in [1.54, 1.807) is 23.5 Å². The fourth-order valence-corrected chi connectivity index (χ4v) is 2.95. The Kier molecular flexibility index (Phi) is 3.82. The highest BCUT2D eigenvalue weighted by atomic mass is 35.5. The lowest BCUT2D eigenvalue weighted by molar-refractivity contribution is 0.573. The molecule has 2 heterocycles. The Morgan fingerprint density at radius 3 is 2.84 bits per heavy atom. The van der Waals surface area contributed by atoms with Crippen molar-refractivity contribution in [2.45, 2.75) is 10.1 Å². The van der Waals surface area contributed by atoms with Gasteiger partial charge in [0.2, 0.25) is 5.89 Å². The highest BCUT2D eigenvalue weighted by molar-refractivity contribution is 8.00. The van der Waals surface area contributed by atoms with E-state index in [0.29, 0.717) is 16.7 Å². The first-order valence-corrected chi connectivity index (χ1v) is 7.65. The summed E-state index contributed by atoms with van der Waals surface area (Å²) in [5, 5.41) is 8.45. The first kappa shape index (κ1) is 12.7. The van der Waals surface area contributed by atoms with Gasteiger partial charge in [-0.1, -0.05) is 34.7 Å². The minimum Gasteiger partial charge on any atom is -0.444 e. The molecule has 0 aliphatic rings. The molecular formula is C12H8ClN3OS2. The van der Waals surface area contributed by atoms with Gasteiger partial charge in [0, 0.05) is 16.3 Å². The summed E-state index contributed by atoms with van der Waals surface area (Å²) in [5.74, 6) is 1.32. The largest absolute Gasteiger partial charge is 0.444 e. The van der Waals surface area contributed by atoms with Crippen LogP contribution in [0.2, 0.25) is 5.02 Å². The van der Waals surface area contributed by atoms with Gasteiger partial charge in [-0.3, -0.25) is 0 Å². The fourth-order valence-electron chi connectivity index (χ4n) is 1.46. The van der Waals surface area contributed by atoms with E-state index in [2.05, 4.69) is 15.2 Å². The van der Waals surface area contributed by atoms with Gasteiger partial charge < -0.3 is 4.42 Å². The molecule has 0 saturated heterocycles. The molecule has 19 heavy (non-hydrogen) atoms. The summed E-state index contributed by atoms with van der Waals surface area (Å²) in [5.41, 5.74) is 3.51. The zero-order chi connectivity index (χ0) is 13.1. The Labute approximate surface area is 122 Å². The quantitative estimate of drug-likeness (QED) is 0.678. The number of rotatable bonds is 4. The van der Waals surface area contributed by atoms with Crippen molar-refractivity contribution >= 4 is 34.7 Å². The number of hydrogen-bond acceptors (Lipinski definition) is 6. The molecule has 96 valence electrons. The van der Waals surface area contributed by atoms with Crippen molar-refractivity contribution in [1.29, 1.82) is 0 Å². The van der Waals surface area contributed by atoms with Gasteiger partial charge >= 0.3 is 0 Å². The second-order valence-electron chi connectivity index (χ2n) is 3.64. The molecule has 0 amide bonds. The number of oxazole rings is 1. The van der Waals surface area contributed by atoms with Gasteiger partial charge in [0.05, 0.1) is 5.69 Å². The monoisotopic (exact) mass is 309 g/mol. The Bertz CT molecular complexity index is 652. The van der Waals surface area contributed by atoms with Crippen molar-refractivity contribution in [3.63, 3.8) is 0 Å². The third-order valence-corrected chi connectivity index (χ3v) is 4.47. The van der Waals surface area contributed by atoms with E-state index in [1.165, 1.54) is 11.3 Å². The molecule has 0 fully saturated rings. The van der Waals surface area contributed by atoms with Crippen LogP contribution in [-0.2, 0) is 5.75 Å². The van der Waals surface area contributed by atoms with Crippen molar-refractivity contribution in [3.8, 4) is 11.5 Å². The van der Waals surface area contributed by atoms with Crippen LogP contribution < -0.4 is 0 Å². The zero-order valence-electron chi connectivity index (χ0n) is 9.62. The number of aromatic nitrogens is 3. The summed E-state index contributed by atoms with van der Waals surface area (Å²) in [6, 6.07) is 7.40. The number of hydrogen-bond donors (Lipinski definition) is 0. The third-order valence-electron chi connectivity index (χ3n) is 2.33. The maximum atomic E-state index is 5.85. The van der Waals surface area contributed by atoms with Crippen LogP contribution in [0.25, 0.3) is 11.5 Å². The standard InChI is InChI=1S/C12H8ClN3OS2/c13-9-3-1-8(2-4-9)11-15-10(5-17-11)6-18-12-16-14-7-19-12/h1-5,7H,6H2. The molecule has 0 bridgehead atoms. The molecule has 0 unspecified atom stereocenters. The molecular weight excluding hydrogens is 302 g/mol. The van der Waals surface area contributed by atoms with Crippen LogP contribution in [0.5, 0.6) is 0 Å². The summed E-state index contributed by atoms with van der Waals surface area (Å²) in [6.45, 7) is 0. The lowest BCUT2D eigenvalue weighted by Crippen LogP contribution is -1.82. The topological polar surface area (TPSA) is 51.8 Å². The van der Waals surface area contributed by atoms with Crippen LogP contribution >= 0.6 is 34.7 Å². The molecule has 0 aliphatic heterocycles. The van der Waals surface area contributed by atoms with Crippen LogP contribution in [0, 0.1) is 0 Å². The van der Waals surface area contributed by atoms with Crippen molar-refractivity contribution in [2.75, 3.05) is 0 Å². The molecule has 2 aromatic heterocycles. The zero-order valence-corrected chi connectivity index (χ0v) is 12.0. The minimum atomic E-state index is 0.601. The van der Waals surface area contributed by atoms with E-state index < -0.39 is 0 Å². The van der Waals surface area contributed by atoms with Crippen LogP contribution in [-0.4, -0.2) is 15.2 Å². The maximum Gasteiger partial charge on any atom is 0.226 e. The van der Waals surface area contributed by atoms with Gasteiger partial charge in [-0.05, 0) is 24.3 Å². The molecule has 0 spiro atoms. The van der Waals surface area contributed by atoms with Crippen LogP contribution in [0.3, 0.4) is 0 Å². The molecule has 0 saturated carbocycles. The molecule has 0 radical (unpaired) electrons. The van der Waals surface area contributed by atoms with E-state index in [1.807, 2.05) is 24.3 Å².